The maximum atomic E-state index is 13.0. The van der Waals surface area contributed by atoms with Crippen molar-refractivity contribution in [3.8, 4) is 0 Å². The normalized spacial score (nSPS) is 12.2. The molecule has 0 heterocycles. The van der Waals surface area contributed by atoms with Crippen LogP contribution >= 0.6 is 20.7 Å². The molecule has 2 rings (SSSR count). The molecule has 0 aliphatic carbocycles. The van der Waals surface area contributed by atoms with Crippen molar-refractivity contribution in [3.05, 3.63) is 69.8 Å². The summed E-state index contributed by atoms with van der Waals surface area (Å²) >= 11 is -0.872. The van der Waals surface area contributed by atoms with Crippen molar-refractivity contribution in [1.82, 2.24) is 0 Å². The zero-order valence-electron chi connectivity index (χ0n) is 17.7. The predicted octanol–water partition coefficient (Wildman–Crippen LogP) is 5.82. The summed E-state index contributed by atoms with van der Waals surface area (Å²) in [4.78, 5) is 26.0. The van der Waals surface area contributed by atoms with E-state index in [4.69, 9.17) is 4.74 Å². The van der Waals surface area contributed by atoms with Gasteiger partial charge in [-0.2, -0.15) is 0 Å². The number of aryl methyl sites for hydroxylation is 1. The lowest BCUT2D eigenvalue weighted by atomic mass is 9.96. The fraction of sp³-hybridized carbons (Fsp3) is 0.400. The van der Waals surface area contributed by atoms with Crippen LogP contribution in [0.5, 0.6) is 0 Å². The van der Waals surface area contributed by atoms with Gasteiger partial charge in [0.25, 0.3) is 0 Å². The Kier molecular flexibility index (Phi) is 9.71. The van der Waals surface area contributed by atoms with Crippen molar-refractivity contribution in [2.45, 2.75) is 53.1 Å². The number of halogens is 1. The van der Waals surface area contributed by atoms with E-state index in [1.807, 2.05) is 76.2 Å². The molecule has 0 aliphatic rings. The molecule has 0 saturated carbocycles. The highest BCUT2D eigenvalue weighted by Crippen LogP contribution is 2.20. The Hall–Kier alpha value is -1.82. The summed E-state index contributed by atoms with van der Waals surface area (Å²) in [6.45, 7) is 8.19. The summed E-state index contributed by atoms with van der Waals surface area (Å²) in [5.41, 5.74) is 1.21. The molecule has 2 aromatic rings. The Labute approximate surface area is 184 Å². The van der Waals surface area contributed by atoms with Crippen LogP contribution in [0.4, 0.5) is 0 Å². The molecule has 2 aromatic carbocycles. The van der Waals surface area contributed by atoms with E-state index < -0.39 is 26.7 Å². The number of rotatable bonds is 10. The van der Waals surface area contributed by atoms with Gasteiger partial charge < -0.3 is 4.74 Å². The average molecular weight is 506 g/mol. The van der Waals surface area contributed by atoms with Gasteiger partial charge in [-0.3, -0.25) is 4.79 Å². The molecule has 3 nitrogen and oxygen atoms in total. The quantitative estimate of drug-likeness (QED) is 0.232. The van der Waals surface area contributed by atoms with Gasteiger partial charge in [0.15, 0.2) is 5.78 Å². The summed E-state index contributed by atoms with van der Waals surface area (Å²) < 4.78 is 7.25. The number of ketones is 1. The van der Waals surface area contributed by atoms with Crippen LogP contribution in [0, 0.1) is 15.4 Å². The molecule has 29 heavy (non-hydrogen) atoms. The van der Waals surface area contributed by atoms with Crippen molar-refractivity contribution >= 4 is 36.0 Å². The molecule has 0 unspecified atom stereocenters. The zero-order chi connectivity index (χ0) is 21.2. The molecule has 0 fully saturated rings. The Bertz CT molecular complexity index is 802. The first-order valence-electron chi connectivity index (χ1n) is 10.2. The molecule has 0 bridgehead atoms. The molecule has 156 valence electrons. The second-order valence-electron chi connectivity index (χ2n) is 7.82. The smallest absolute Gasteiger partial charge is 0.347 e. The number of carbonyl (C=O) groups excluding carboxylic acids is 2. The maximum absolute atomic E-state index is 13.0. The molecule has 4 heteroatoms. The topological polar surface area (TPSA) is 43.4 Å². The first-order valence-corrected chi connectivity index (χ1v) is 12.4. The van der Waals surface area contributed by atoms with Gasteiger partial charge in [0.05, 0.1) is 0 Å². The average Bonchev–Trinajstić information content (AvgIpc) is 2.71. The third-order valence-corrected chi connectivity index (χ3v) is 7.55. The molecule has 0 aliphatic heterocycles. The molecule has 0 saturated heterocycles. The standard InChI is InChI=1S/C25H31IO3/c1-18(2)24(19(3)4)29-25(28)23(26-21-15-9-6-10-16-21)22(27)17-11-14-20-12-7-5-8-13-20/h5-10,12-13,15-16,18-19,24H,11,14,17H2,1-4H3. The van der Waals surface area contributed by atoms with Gasteiger partial charge in [-0.05, 0) is 42.4 Å². The van der Waals surface area contributed by atoms with Crippen LogP contribution in [0.2, 0.25) is 0 Å². The van der Waals surface area contributed by atoms with E-state index in [1.54, 1.807) is 0 Å². The number of ether oxygens (including phenoxy) is 1. The number of Topliss-reactive ketones (excluding diaryl/α,β-unsaturated/α-hetero) is 1. The van der Waals surface area contributed by atoms with Gasteiger partial charge >= 0.3 is 5.97 Å². The summed E-state index contributed by atoms with van der Waals surface area (Å²) in [6.07, 6.45) is 1.75. The van der Waals surface area contributed by atoms with Gasteiger partial charge in [-0.25, -0.2) is 4.79 Å². The molecular weight excluding hydrogens is 475 g/mol. The monoisotopic (exact) mass is 506 g/mol. The van der Waals surface area contributed by atoms with Crippen LogP contribution < -0.4 is 0 Å². The van der Waals surface area contributed by atoms with Gasteiger partial charge in [-0.1, -0.05) is 97.0 Å². The minimum absolute atomic E-state index is 0.0613. The van der Waals surface area contributed by atoms with E-state index in [2.05, 4.69) is 12.1 Å². The van der Waals surface area contributed by atoms with E-state index in [1.165, 1.54) is 5.56 Å². The third-order valence-electron chi connectivity index (χ3n) is 4.63. The van der Waals surface area contributed by atoms with E-state index in [9.17, 15) is 9.59 Å². The molecule has 0 spiro atoms. The van der Waals surface area contributed by atoms with Gasteiger partial charge in [0.2, 0.25) is 0 Å². The summed E-state index contributed by atoms with van der Waals surface area (Å²) in [5, 5.41) is 0. The van der Waals surface area contributed by atoms with Crippen LogP contribution in [-0.4, -0.2) is 21.4 Å². The number of carbonyl (C=O) groups is 2. The fourth-order valence-corrected chi connectivity index (χ4v) is 5.53. The number of esters is 1. The van der Waals surface area contributed by atoms with Crippen molar-refractivity contribution < 1.29 is 14.3 Å². The Morgan fingerprint density at radius 2 is 1.41 bits per heavy atom. The van der Waals surface area contributed by atoms with Crippen LogP contribution in [-0.2, 0) is 20.7 Å². The van der Waals surface area contributed by atoms with E-state index in [0.29, 0.717) is 9.93 Å². The first kappa shape index (κ1) is 23.5. The lowest BCUT2D eigenvalue weighted by Crippen LogP contribution is -2.34. The van der Waals surface area contributed by atoms with Crippen molar-refractivity contribution in [2.75, 3.05) is 0 Å². The van der Waals surface area contributed by atoms with Crippen LogP contribution in [0.1, 0.15) is 46.1 Å². The Morgan fingerprint density at radius 1 is 0.862 bits per heavy atom. The van der Waals surface area contributed by atoms with Crippen molar-refractivity contribution in [2.24, 2.45) is 11.8 Å². The maximum Gasteiger partial charge on any atom is 0.347 e. The van der Waals surface area contributed by atoms with E-state index in [0.717, 1.165) is 16.4 Å². The second-order valence-corrected chi connectivity index (χ2v) is 10.7. The molecule has 0 atom stereocenters. The fourth-order valence-electron chi connectivity index (χ4n) is 3.22. The number of hydrogen-bond donors (Lipinski definition) is 0. The molecule has 0 N–H and O–H groups in total. The minimum atomic E-state index is -0.872. The highest BCUT2D eigenvalue weighted by Gasteiger charge is 2.27. The summed E-state index contributed by atoms with van der Waals surface area (Å²) in [7, 11) is 0. The highest BCUT2D eigenvalue weighted by molar-refractivity contribution is 14.2. The van der Waals surface area contributed by atoms with Crippen LogP contribution in [0.25, 0.3) is 0 Å². The van der Waals surface area contributed by atoms with Crippen molar-refractivity contribution in [1.29, 1.82) is 0 Å². The number of benzene rings is 2. The number of hydrogen-bond acceptors (Lipinski definition) is 3. The third kappa shape index (κ3) is 7.84. The van der Waals surface area contributed by atoms with Crippen molar-refractivity contribution in [3.63, 3.8) is 0 Å². The van der Waals surface area contributed by atoms with E-state index in [-0.39, 0.29) is 23.7 Å². The molecular formula is C25H31IO3. The first-order chi connectivity index (χ1) is 13.9. The minimum Gasteiger partial charge on any atom is -0.458 e. The Balaban J connectivity index is 2.15. The van der Waals surface area contributed by atoms with Crippen LogP contribution in [0.15, 0.2) is 60.7 Å². The highest BCUT2D eigenvalue weighted by atomic mass is 127. The molecule has 0 aromatic heterocycles. The zero-order valence-corrected chi connectivity index (χ0v) is 19.9. The SMILES string of the molecule is CC(C)C(OC(=O)C(=Ic1ccccc1)C(=O)CCCc1ccccc1)C(C)C. The Morgan fingerprint density at radius 3 is 1.97 bits per heavy atom. The lowest BCUT2D eigenvalue weighted by Gasteiger charge is -2.25. The second kappa shape index (κ2) is 12.0. The summed E-state index contributed by atoms with van der Waals surface area (Å²) in [5.74, 6) is -0.0563. The largest absolute Gasteiger partial charge is 0.458 e. The van der Waals surface area contributed by atoms with Gasteiger partial charge in [-0.15, -0.1) is 0 Å². The van der Waals surface area contributed by atoms with Gasteiger partial charge in [0, 0.05) is 9.99 Å². The van der Waals surface area contributed by atoms with E-state index >= 15 is 0 Å². The lowest BCUT2D eigenvalue weighted by molar-refractivity contribution is -0.145. The predicted molar refractivity (Wildman–Crippen MR) is 128 cm³/mol. The summed E-state index contributed by atoms with van der Waals surface area (Å²) in [6, 6.07) is 19.9. The van der Waals surface area contributed by atoms with Gasteiger partial charge in [0.1, 0.15) is 9.61 Å². The molecule has 0 amide bonds. The molecule has 0 radical (unpaired) electrons. The van der Waals surface area contributed by atoms with Crippen LogP contribution in [0.3, 0.4) is 0 Å².